The maximum atomic E-state index is 12.5. The molecule has 0 bridgehead atoms. The number of furan rings is 1. The maximum Gasteiger partial charge on any atom is 0.298 e. The summed E-state index contributed by atoms with van der Waals surface area (Å²) in [6.45, 7) is 3.42. The standard InChI is InChI=1S/C20H21N3O4/c24-18(17-6-3-12-25-17)22-9-7-20(8-10-22)14-23(11-13-26-20)19-21-15-4-1-2-5-16(15)27-19/h1-6,12H,7-11,13-14H2. The van der Waals surface area contributed by atoms with Gasteiger partial charge in [0.05, 0.1) is 25.0 Å². The second-order valence-corrected chi connectivity index (χ2v) is 7.19. The highest BCUT2D eigenvalue weighted by Crippen LogP contribution is 2.33. The highest BCUT2D eigenvalue weighted by molar-refractivity contribution is 5.91. The van der Waals surface area contributed by atoms with Gasteiger partial charge in [0.25, 0.3) is 11.9 Å². The molecule has 27 heavy (non-hydrogen) atoms. The molecule has 7 heteroatoms. The molecular formula is C20H21N3O4. The van der Waals surface area contributed by atoms with Crippen LogP contribution in [-0.4, -0.2) is 54.2 Å². The van der Waals surface area contributed by atoms with E-state index in [0.717, 1.165) is 37.0 Å². The van der Waals surface area contributed by atoms with Crippen LogP contribution in [0.1, 0.15) is 23.4 Å². The van der Waals surface area contributed by atoms with Crippen LogP contribution in [0.5, 0.6) is 0 Å². The molecule has 3 aromatic rings. The van der Waals surface area contributed by atoms with E-state index in [9.17, 15) is 4.79 Å². The molecule has 1 amide bonds. The Balaban J connectivity index is 1.29. The molecule has 2 aliphatic heterocycles. The molecule has 2 fully saturated rings. The van der Waals surface area contributed by atoms with Crippen LogP contribution in [0.2, 0.25) is 0 Å². The molecule has 7 nitrogen and oxygen atoms in total. The average Bonchev–Trinajstić information content (AvgIpc) is 3.38. The van der Waals surface area contributed by atoms with Crippen molar-refractivity contribution in [2.75, 3.05) is 37.7 Å². The summed E-state index contributed by atoms with van der Waals surface area (Å²) >= 11 is 0. The largest absolute Gasteiger partial charge is 0.459 e. The molecule has 0 N–H and O–H groups in total. The molecule has 2 aliphatic rings. The van der Waals surface area contributed by atoms with Crippen LogP contribution in [0.4, 0.5) is 6.01 Å². The molecule has 140 valence electrons. The Bertz CT molecular complexity index is 908. The first kappa shape index (κ1) is 16.4. The van der Waals surface area contributed by atoms with Crippen molar-refractivity contribution < 1.29 is 18.4 Å². The number of likely N-dealkylation sites (tertiary alicyclic amines) is 1. The van der Waals surface area contributed by atoms with Crippen LogP contribution in [0.3, 0.4) is 0 Å². The number of rotatable bonds is 2. The van der Waals surface area contributed by atoms with Crippen LogP contribution in [-0.2, 0) is 4.74 Å². The maximum absolute atomic E-state index is 12.5. The van der Waals surface area contributed by atoms with Gasteiger partial charge in [0, 0.05) is 19.6 Å². The molecule has 0 unspecified atom stereocenters. The zero-order valence-electron chi connectivity index (χ0n) is 15.0. The Hall–Kier alpha value is -2.80. The molecule has 0 atom stereocenters. The van der Waals surface area contributed by atoms with Crippen molar-refractivity contribution in [1.29, 1.82) is 0 Å². The summed E-state index contributed by atoms with van der Waals surface area (Å²) < 4.78 is 17.3. The fourth-order valence-electron chi connectivity index (χ4n) is 3.98. The van der Waals surface area contributed by atoms with Gasteiger partial charge >= 0.3 is 0 Å². The van der Waals surface area contributed by atoms with Crippen LogP contribution in [0, 0.1) is 0 Å². The topological polar surface area (TPSA) is 72.0 Å². The number of hydrogen-bond donors (Lipinski definition) is 0. The van der Waals surface area contributed by atoms with Gasteiger partial charge in [-0.05, 0) is 37.1 Å². The zero-order chi connectivity index (χ0) is 18.3. The summed E-state index contributed by atoms with van der Waals surface area (Å²) in [5.74, 6) is 0.338. The number of fused-ring (bicyclic) bond motifs is 1. The number of ether oxygens (including phenoxy) is 1. The smallest absolute Gasteiger partial charge is 0.298 e. The third-order valence-corrected chi connectivity index (χ3v) is 5.50. The molecular weight excluding hydrogens is 346 g/mol. The van der Waals surface area contributed by atoms with E-state index in [0.29, 0.717) is 31.5 Å². The van der Waals surface area contributed by atoms with Crippen molar-refractivity contribution >= 4 is 23.0 Å². The summed E-state index contributed by atoms with van der Waals surface area (Å²) in [5, 5.41) is 0. The predicted octanol–water partition coefficient (Wildman–Crippen LogP) is 2.93. The van der Waals surface area contributed by atoms with Gasteiger partial charge in [-0.2, -0.15) is 4.98 Å². The SMILES string of the molecule is O=C(c1ccco1)N1CCC2(CC1)CN(c1nc3ccccc3o1)CCO2. The van der Waals surface area contributed by atoms with Gasteiger partial charge in [-0.15, -0.1) is 0 Å². The van der Waals surface area contributed by atoms with Crippen molar-refractivity contribution in [3.8, 4) is 0 Å². The molecule has 2 saturated heterocycles. The number of aromatic nitrogens is 1. The van der Waals surface area contributed by atoms with E-state index in [4.69, 9.17) is 13.6 Å². The van der Waals surface area contributed by atoms with Crippen LogP contribution < -0.4 is 4.90 Å². The van der Waals surface area contributed by atoms with Gasteiger partial charge in [-0.25, -0.2) is 0 Å². The third kappa shape index (κ3) is 2.98. The first-order valence-electron chi connectivity index (χ1n) is 9.30. The van der Waals surface area contributed by atoms with Gasteiger partial charge < -0.3 is 23.4 Å². The van der Waals surface area contributed by atoms with E-state index >= 15 is 0 Å². The number of nitrogens with zero attached hydrogens (tertiary/aromatic N) is 3. The number of para-hydroxylation sites is 2. The van der Waals surface area contributed by atoms with Crippen molar-refractivity contribution in [1.82, 2.24) is 9.88 Å². The second-order valence-electron chi connectivity index (χ2n) is 7.19. The number of hydrogen-bond acceptors (Lipinski definition) is 6. The lowest BCUT2D eigenvalue weighted by molar-refractivity contribution is -0.0879. The van der Waals surface area contributed by atoms with E-state index in [1.165, 1.54) is 6.26 Å². The molecule has 4 heterocycles. The number of carbonyl (C=O) groups excluding carboxylic acids is 1. The summed E-state index contributed by atoms with van der Waals surface area (Å²) in [7, 11) is 0. The second kappa shape index (κ2) is 6.42. The quantitative estimate of drug-likeness (QED) is 0.693. The van der Waals surface area contributed by atoms with Crippen molar-refractivity contribution in [2.24, 2.45) is 0 Å². The molecule has 2 aromatic heterocycles. The Morgan fingerprint density at radius 3 is 2.70 bits per heavy atom. The predicted molar refractivity (Wildman–Crippen MR) is 98.8 cm³/mol. The number of morpholine rings is 1. The summed E-state index contributed by atoms with van der Waals surface area (Å²) in [6.07, 6.45) is 3.10. The number of anilines is 1. The minimum atomic E-state index is -0.265. The van der Waals surface area contributed by atoms with Crippen molar-refractivity contribution in [3.63, 3.8) is 0 Å². The summed E-state index contributed by atoms with van der Waals surface area (Å²) in [6, 6.07) is 11.9. The van der Waals surface area contributed by atoms with E-state index in [1.807, 2.05) is 29.2 Å². The first-order valence-corrected chi connectivity index (χ1v) is 9.30. The first-order chi connectivity index (χ1) is 13.2. The molecule has 0 radical (unpaired) electrons. The minimum absolute atomic E-state index is 0.0542. The number of carbonyl (C=O) groups is 1. The lowest BCUT2D eigenvalue weighted by Crippen LogP contribution is -2.57. The van der Waals surface area contributed by atoms with Gasteiger partial charge in [-0.3, -0.25) is 4.79 Å². The van der Waals surface area contributed by atoms with E-state index in [2.05, 4.69) is 9.88 Å². The average molecular weight is 367 g/mol. The van der Waals surface area contributed by atoms with Crippen LogP contribution >= 0.6 is 0 Å². The number of amides is 1. The highest BCUT2D eigenvalue weighted by atomic mass is 16.5. The van der Waals surface area contributed by atoms with Gasteiger partial charge in [-0.1, -0.05) is 12.1 Å². The van der Waals surface area contributed by atoms with Crippen LogP contribution in [0.15, 0.2) is 51.5 Å². The molecule has 1 aromatic carbocycles. The molecule has 1 spiro atoms. The van der Waals surface area contributed by atoms with Crippen LogP contribution in [0.25, 0.3) is 11.1 Å². The number of piperidine rings is 1. The van der Waals surface area contributed by atoms with Gasteiger partial charge in [0.1, 0.15) is 5.52 Å². The van der Waals surface area contributed by atoms with Gasteiger partial charge in [0.2, 0.25) is 0 Å². The molecule has 0 aliphatic carbocycles. The monoisotopic (exact) mass is 367 g/mol. The third-order valence-electron chi connectivity index (χ3n) is 5.50. The molecule has 0 saturated carbocycles. The highest BCUT2D eigenvalue weighted by Gasteiger charge is 2.42. The Kier molecular flexibility index (Phi) is 3.89. The lowest BCUT2D eigenvalue weighted by Gasteiger charge is -2.46. The van der Waals surface area contributed by atoms with E-state index in [-0.39, 0.29) is 11.5 Å². The Morgan fingerprint density at radius 2 is 1.93 bits per heavy atom. The Labute approximate surface area is 156 Å². The Morgan fingerprint density at radius 1 is 1.07 bits per heavy atom. The number of benzene rings is 1. The lowest BCUT2D eigenvalue weighted by atomic mass is 9.89. The van der Waals surface area contributed by atoms with E-state index < -0.39 is 0 Å². The fourth-order valence-corrected chi connectivity index (χ4v) is 3.98. The normalized spacial score (nSPS) is 19.7. The van der Waals surface area contributed by atoms with E-state index in [1.54, 1.807) is 12.1 Å². The van der Waals surface area contributed by atoms with Crippen molar-refractivity contribution in [3.05, 3.63) is 48.4 Å². The summed E-state index contributed by atoms with van der Waals surface area (Å²) in [4.78, 5) is 21.1. The zero-order valence-corrected chi connectivity index (χ0v) is 15.0. The fraction of sp³-hybridized carbons (Fsp3) is 0.400. The molecule has 5 rings (SSSR count). The summed E-state index contributed by atoms with van der Waals surface area (Å²) in [5.41, 5.74) is 1.40. The number of oxazole rings is 1. The minimum Gasteiger partial charge on any atom is -0.459 e. The van der Waals surface area contributed by atoms with Gasteiger partial charge in [0.15, 0.2) is 11.3 Å². The van der Waals surface area contributed by atoms with Crippen molar-refractivity contribution in [2.45, 2.75) is 18.4 Å².